The summed E-state index contributed by atoms with van der Waals surface area (Å²) in [5.41, 5.74) is 6.90. The molecule has 4 heteroatoms. The van der Waals surface area contributed by atoms with Gasteiger partial charge in [-0.1, -0.05) is 0 Å². The standard InChI is InChI=1S/C24H20F.2ClH.Hf/c1-2-17-14-19-10-6-7-11-21(23(19)15-17)20-12-13-22(24(25)16-20)18-8-4-3-5-9-18;;;/h3-16,21H,2H2,1H3;2*1H;/q;;;+2/p-2. The van der Waals surface area contributed by atoms with Gasteiger partial charge in [-0.2, -0.15) is 0 Å². The molecule has 2 unspecified atom stereocenters. The Morgan fingerprint density at radius 1 is 0.964 bits per heavy atom. The van der Waals surface area contributed by atoms with Crippen LogP contribution in [0.4, 0.5) is 4.39 Å². The zero-order valence-electron chi connectivity index (χ0n) is 15.5. The molecule has 2 aliphatic rings. The van der Waals surface area contributed by atoms with Gasteiger partial charge in [-0.25, -0.2) is 0 Å². The van der Waals surface area contributed by atoms with Crippen LogP contribution in [-0.2, 0) is 24.4 Å². The number of benzene rings is 2. The molecule has 28 heavy (non-hydrogen) atoms. The third-order valence-electron chi connectivity index (χ3n) is 5.23. The maximum atomic E-state index is 14.9. The molecule has 2 aromatic carbocycles. The van der Waals surface area contributed by atoms with Crippen LogP contribution in [0.1, 0.15) is 24.8 Å². The molecule has 0 N–H and O–H groups in total. The summed E-state index contributed by atoms with van der Waals surface area (Å²) in [7, 11) is 0. The van der Waals surface area contributed by atoms with Crippen molar-refractivity contribution >= 4 is 0 Å². The van der Waals surface area contributed by atoms with Crippen molar-refractivity contribution in [1.82, 2.24) is 0 Å². The van der Waals surface area contributed by atoms with E-state index in [0.29, 0.717) is 9.24 Å². The van der Waals surface area contributed by atoms with Crippen LogP contribution in [0.3, 0.4) is 0 Å². The normalized spacial score (nSPS) is 20.1. The van der Waals surface area contributed by atoms with Gasteiger partial charge in [0.05, 0.1) is 0 Å². The molecule has 4 rings (SSSR count). The molecule has 0 spiro atoms. The van der Waals surface area contributed by atoms with Crippen molar-refractivity contribution in [2.75, 3.05) is 0 Å². The van der Waals surface area contributed by atoms with Crippen molar-refractivity contribution in [3.8, 4) is 11.1 Å². The molecule has 0 bridgehead atoms. The monoisotopic (exact) mass is 577 g/mol. The van der Waals surface area contributed by atoms with Crippen LogP contribution in [0.25, 0.3) is 11.1 Å². The quantitative estimate of drug-likeness (QED) is 0.472. The zero-order chi connectivity index (χ0) is 18.1. The molecule has 141 valence electrons. The summed E-state index contributed by atoms with van der Waals surface area (Å²) in [6.45, 7) is 2.23. The summed E-state index contributed by atoms with van der Waals surface area (Å²) in [6, 6.07) is 15.5. The van der Waals surface area contributed by atoms with Gasteiger partial charge >= 0.3 is 170 Å². The molecule has 0 fully saturated rings. The summed E-state index contributed by atoms with van der Waals surface area (Å²) in [5.74, 6) is -0.0265. The van der Waals surface area contributed by atoms with E-state index in [-0.39, 0.29) is 36.5 Å². The largest absolute Gasteiger partial charge is 1.00 e. The number of halogens is 3. The van der Waals surface area contributed by atoms with E-state index in [1.165, 1.54) is 16.7 Å². The Morgan fingerprint density at radius 2 is 1.71 bits per heavy atom. The molecule has 0 saturated carbocycles. The number of hydrogen-bond donors (Lipinski definition) is 0. The molecule has 0 amide bonds. The van der Waals surface area contributed by atoms with Gasteiger partial charge in [0.15, 0.2) is 0 Å². The molecule has 2 aliphatic carbocycles. The smallest absolute Gasteiger partial charge is 1.00 e. The van der Waals surface area contributed by atoms with Crippen LogP contribution in [0, 0.1) is 5.82 Å². The molecule has 0 heterocycles. The second-order valence-corrected chi connectivity index (χ2v) is 8.82. The third-order valence-corrected chi connectivity index (χ3v) is 7.68. The van der Waals surface area contributed by atoms with E-state index in [1.807, 2.05) is 36.4 Å². The first kappa shape index (κ1) is 23.1. The van der Waals surface area contributed by atoms with Gasteiger partial charge in [-0.15, -0.1) is 0 Å². The van der Waals surface area contributed by atoms with Crippen LogP contribution < -0.4 is 24.8 Å². The van der Waals surface area contributed by atoms with Crippen molar-refractivity contribution in [3.63, 3.8) is 0 Å². The van der Waals surface area contributed by atoms with Crippen LogP contribution in [0.2, 0.25) is 3.67 Å². The molecule has 0 saturated heterocycles. The second kappa shape index (κ2) is 10.0. The Labute approximate surface area is 193 Å². The van der Waals surface area contributed by atoms with E-state index in [1.54, 1.807) is 6.07 Å². The molecular weight excluding hydrogens is 557 g/mol. The number of rotatable bonds is 3. The van der Waals surface area contributed by atoms with E-state index in [4.69, 9.17) is 0 Å². The van der Waals surface area contributed by atoms with Crippen molar-refractivity contribution in [2.24, 2.45) is 0 Å². The molecule has 0 aromatic heterocycles. The Kier molecular flexibility index (Phi) is 8.24. The van der Waals surface area contributed by atoms with Crippen molar-refractivity contribution in [2.45, 2.75) is 22.9 Å². The first-order valence-electron chi connectivity index (χ1n) is 9.04. The molecular formula is C24H20Cl2FHf. The Hall–Kier alpha value is -1.22. The fraction of sp³-hybridized carbons (Fsp3) is 0.167. The SMILES string of the molecule is CCC1=CC2=C(C=CC=CC2c2ccc(-c3ccccc3)c(F)c2)[CH]1[Hf+2].[Cl-].[Cl-]. The summed E-state index contributed by atoms with van der Waals surface area (Å²) in [6.07, 6.45) is 12.1. The predicted octanol–water partition coefficient (Wildman–Crippen LogP) is 0.692. The van der Waals surface area contributed by atoms with Gasteiger partial charge in [0, 0.05) is 0 Å². The summed E-state index contributed by atoms with van der Waals surface area (Å²) >= 11 is 1.12. The van der Waals surface area contributed by atoms with Gasteiger partial charge in [0.25, 0.3) is 0 Å². The minimum absolute atomic E-state index is 0. The summed E-state index contributed by atoms with van der Waals surface area (Å²) < 4.78 is 15.5. The average molecular weight is 577 g/mol. The maximum absolute atomic E-state index is 14.9. The van der Waals surface area contributed by atoms with E-state index < -0.39 is 0 Å². The van der Waals surface area contributed by atoms with Gasteiger partial charge in [-0.3, -0.25) is 0 Å². The Bertz CT molecular complexity index is 958. The topological polar surface area (TPSA) is 0 Å². The van der Waals surface area contributed by atoms with Crippen molar-refractivity contribution < 1.29 is 53.6 Å². The fourth-order valence-electron chi connectivity index (χ4n) is 3.81. The van der Waals surface area contributed by atoms with Gasteiger partial charge in [0.2, 0.25) is 0 Å². The van der Waals surface area contributed by atoms with E-state index in [9.17, 15) is 4.39 Å². The molecule has 2 aromatic rings. The zero-order valence-corrected chi connectivity index (χ0v) is 20.6. The van der Waals surface area contributed by atoms with Crippen LogP contribution in [-0.4, -0.2) is 0 Å². The van der Waals surface area contributed by atoms with Crippen LogP contribution in [0.15, 0.2) is 95.6 Å². The summed E-state index contributed by atoms with van der Waals surface area (Å²) in [5, 5.41) is 0. The molecule has 0 nitrogen and oxygen atoms in total. The molecule has 0 radical (unpaired) electrons. The Morgan fingerprint density at radius 3 is 2.39 bits per heavy atom. The van der Waals surface area contributed by atoms with Crippen molar-refractivity contribution in [1.29, 1.82) is 0 Å². The van der Waals surface area contributed by atoms with Gasteiger partial charge < -0.3 is 24.8 Å². The van der Waals surface area contributed by atoms with E-state index in [2.05, 4.69) is 43.4 Å². The first-order chi connectivity index (χ1) is 12.7. The third kappa shape index (κ3) is 4.35. The second-order valence-electron chi connectivity index (χ2n) is 6.74. The minimum atomic E-state index is -0.151. The van der Waals surface area contributed by atoms with Gasteiger partial charge in [-0.05, 0) is 0 Å². The summed E-state index contributed by atoms with van der Waals surface area (Å²) in [4.78, 5) is 0. The number of allylic oxidation sites excluding steroid dienone is 8. The first-order valence-corrected chi connectivity index (χ1v) is 11.1. The van der Waals surface area contributed by atoms with Gasteiger partial charge in [0.1, 0.15) is 0 Å². The molecule has 0 aliphatic heterocycles. The number of hydrogen-bond acceptors (Lipinski definition) is 0. The Balaban J connectivity index is 0.00000140. The average Bonchev–Trinajstić information content (AvgIpc) is 2.85. The van der Waals surface area contributed by atoms with E-state index in [0.717, 1.165) is 41.9 Å². The minimum Gasteiger partial charge on any atom is -1.00 e. The van der Waals surface area contributed by atoms with Crippen LogP contribution >= 0.6 is 0 Å². The van der Waals surface area contributed by atoms with Crippen LogP contribution in [0.5, 0.6) is 0 Å². The maximum Gasteiger partial charge on any atom is -1.00 e. The van der Waals surface area contributed by atoms with E-state index >= 15 is 0 Å². The molecule has 2 atom stereocenters. The fourth-order valence-corrected chi connectivity index (χ4v) is 5.78. The van der Waals surface area contributed by atoms with Crippen molar-refractivity contribution in [3.05, 3.63) is 107 Å². The predicted molar refractivity (Wildman–Crippen MR) is 102 cm³/mol.